The van der Waals surface area contributed by atoms with Crippen molar-refractivity contribution in [3.05, 3.63) is 52.1 Å². The molecule has 1 aliphatic heterocycles. The van der Waals surface area contributed by atoms with E-state index in [1.807, 2.05) is 0 Å². The summed E-state index contributed by atoms with van der Waals surface area (Å²) >= 11 is 1.11. The molecule has 0 saturated carbocycles. The molecule has 34 heavy (non-hydrogen) atoms. The Kier molecular flexibility index (Phi) is 7.95. The Morgan fingerprint density at radius 3 is 2.09 bits per heavy atom. The van der Waals surface area contributed by atoms with Crippen LogP contribution in [0.15, 0.2) is 51.6 Å². The van der Waals surface area contributed by atoms with Gasteiger partial charge in [-0.3, -0.25) is 0 Å². The van der Waals surface area contributed by atoms with Crippen LogP contribution in [0.1, 0.15) is 5.56 Å². The van der Waals surface area contributed by atoms with E-state index < -0.39 is 5.97 Å². The van der Waals surface area contributed by atoms with E-state index in [-0.39, 0.29) is 16.4 Å². The molecule has 9 nitrogen and oxygen atoms in total. The zero-order chi connectivity index (χ0) is 24.8. The van der Waals surface area contributed by atoms with Crippen LogP contribution in [-0.2, 0) is 9.53 Å². The molecule has 0 amide bonds. The van der Waals surface area contributed by atoms with E-state index in [9.17, 15) is 9.90 Å². The largest absolute Gasteiger partial charge is 0.506 e. The van der Waals surface area contributed by atoms with Crippen LogP contribution in [0.4, 0.5) is 5.69 Å². The van der Waals surface area contributed by atoms with Gasteiger partial charge >= 0.3 is 5.97 Å². The second-order valence-electron chi connectivity index (χ2n) is 6.71. The third kappa shape index (κ3) is 4.76. The van der Waals surface area contributed by atoms with Crippen molar-refractivity contribution in [1.29, 1.82) is 0 Å². The van der Waals surface area contributed by atoms with Gasteiger partial charge in [-0.05, 0) is 30.3 Å². The second kappa shape index (κ2) is 10.9. The van der Waals surface area contributed by atoms with E-state index in [0.717, 1.165) is 11.8 Å². The number of hydrogen-bond donors (Lipinski definition) is 1. The van der Waals surface area contributed by atoms with Gasteiger partial charge in [0, 0.05) is 11.6 Å². The highest BCUT2D eigenvalue weighted by atomic mass is 32.2. The molecule has 180 valence electrons. The molecule has 0 saturated heterocycles. The van der Waals surface area contributed by atoms with Gasteiger partial charge in [0.2, 0.25) is 5.75 Å². The number of esters is 1. The number of methoxy groups -OCH3 is 6. The first kappa shape index (κ1) is 24.8. The van der Waals surface area contributed by atoms with Crippen LogP contribution < -0.4 is 23.7 Å². The van der Waals surface area contributed by atoms with Crippen LogP contribution in [0.5, 0.6) is 28.7 Å². The number of aliphatic hydroxyl groups excluding tert-OH is 1. The van der Waals surface area contributed by atoms with Gasteiger partial charge in [-0.25, -0.2) is 9.79 Å². The molecule has 0 spiro atoms. The van der Waals surface area contributed by atoms with Crippen molar-refractivity contribution in [3.8, 4) is 28.7 Å². The monoisotopic (exact) mass is 487 g/mol. The first-order valence-electron chi connectivity index (χ1n) is 9.93. The Labute approximate surface area is 201 Å². The molecule has 1 heterocycles. The molecular formula is C24H25NO8S. The maximum absolute atomic E-state index is 12.5. The Balaban J connectivity index is 2.11. The summed E-state index contributed by atoms with van der Waals surface area (Å²) in [5.74, 6) is 1.35. The van der Waals surface area contributed by atoms with Crippen LogP contribution in [0, 0.1) is 0 Å². The minimum absolute atomic E-state index is 0.0482. The summed E-state index contributed by atoms with van der Waals surface area (Å²) in [5, 5.41) is 11.2. The first-order chi connectivity index (χ1) is 16.4. The van der Waals surface area contributed by atoms with E-state index in [2.05, 4.69) is 4.99 Å². The molecule has 0 aliphatic carbocycles. The molecular weight excluding hydrogens is 462 g/mol. The van der Waals surface area contributed by atoms with Crippen molar-refractivity contribution < 1.29 is 38.3 Å². The van der Waals surface area contributed by atoms with Gasteiger partial charge in [0.25, 0.3) is 0 Å². The lowest BCUT2D eigenvalue weighted by Gasteiger charge is -2.14. The van der Waals surface area contributed by atoms with Gasteiger partial charge in [-0.2, -0.15) is 0 Å². The van der Waals surface area contributed by atoms with Crippen LogP contribution in [0.3, 0.4) is 0 Å². The average Bonchev–Trinajstić information content (AvgIpc) is 3.16. The van der Waals surface area contributed by atoms with E-state index >= 15 is 0 Å². The van der Waals surface area contributed by atoms with Crippen LogP contribution >= 0.6 is 11.8 Å². The van der Waals surface area contributed by atoms with Crippen molar-refractivity contribution in [2.45, 2.75) is 0 Å². The molecule has 0 atom stereocenters. The van der Waals surface area contributed by atoms with Gasteiger partial charge in [0.05, 0.1) is 53.3 Å². The van der Waals surface area contributed by atoms with Crippen LogP contribution in [0.25, 0.3) is 6.08 Å². The van der Waals surface area contributed by atoms with Gasteiger partial charge < -0.3 is 33.5 Å². The Bertz CT molecular complexity index is 1190. The lowest BCUT2D eigenvalue weighted by molar-refractivity contribution is -0.135. The molecule has 0 bridgehead atoms. The number of ether oxygens (including phenoxy) is 6. The maximum Gasteiger partial charge on any atom is 0.344 e. The van der Waals surface area contributed by atoms with Gasteiger partial charge in [0.15, 0.2) is 23.0 Å². The number of aliphatic imine (C=N–C) groups is 1. The van der Waals surface area contributed by atoms with Crippen LogP contribution in [0.2, 0.25) is 0 Å². The molecule has 0 radical (unpaired) electrons. The number of benzene rings is 2. The Hall–Kier alpha value is -3.79. The highest BCUT2D eigenvalue weighted by Crippen LogP contribution is 2.45. The fraction of sp³-hybridized carbons (Fsp3) is 0.250. The summed E-state index contributed by atoms with van der Waals surface area (Å²) < 4.78 is 31.7. The quantitative estimate of drug-likeness (QED) is 0.538. The van der Waals surface area contributed by atoms with E-state index in [1.165, 1.54) is 42.7 Å². The molecule has 3 rings (SSSR count). The number of rotatable bonds is 8. The number of carbonyl (C=O) groups excluding carboxylic acids is 1. The summed E-state index contributed by atoms with van der Waals surface area (Å²) in [7, 11) is 8.81. The van der Waals surface area contributed by atoms with Crippen LogP contribution in [-0.4, -0.2) is 58.8 Å². The molecule has 2 aromatic carbocycles. The minimum Gasteiger partial charge on any atom is -0.506 e. The topological polar surface area (TPSA) is 105 Å². The fourth-order valence-corrected chi connectivity index (χ4v) is 4.31. The molecule has 2 aromatic rings. The zero-order valence-corrected chi connectivity index (χ0v) is 20.4. The highest BCUT2D eigenvalue weighted by molar-refractivity contribution is 8.18. The highest BCUT2D eigenvalue weighted by Gasteiger charge is 2.33. The Morgan fingerprint density at radius 2 is 1.50 bits per heavy atom. The standard InChI is InChI=1S/C24H25NO8S/c1-28-15-10-8-14(12-17(15)30-3)25-23-19(24(27)33-6)20(26)18(34-23)11-13-7-9-16(29-2)22(32-5)21(13)31-4/h7-12,26H,1-6H3/b18-11+,25-23?. The minimum atomic E-state index is -0.716. The number of hydrogen-bond acceptors (Lipinski definition) is 10. The lowest BCUT2D eigenvalue weighted by Crippen LogP contribution is -2.10. The zero-order valence-electron chi connectivity index (χ0n) is 19.6. The normalized spacial score (nSPS) is 15.5. The average molecular weight is 488 g/mol. The van der Waals surface area contributed by atoms with Crippen molar-refractivity contribution in [3.63, 3.8) is 0 Å². The van der Waals surface area contributed by atoms with E-state index in [0.29, 0.717) is 44.9 Å². The summed E-state index contributed by atoms with van der Waals surface area (Å²) in [5.41, 5.74) is 1.05. The molecule has 10 heteroatoms. The van der Waals surface area contributed by atoms with E-state index in [4.69, 9.17) is 28.4 Å². The van der Waals surface area contributed by atoms with Gasteiger partial charge in [-0.15, -0.1) is 0 Å². The fourth-order valence-electron chi connectivity index (χ4n) is 3.28. The van der Waals surface area contributed by atoms with Gasteiger partial charge in [-0.1, -0.05) is 11.8 Å². The number of nitrogens with zero attached hydrogens (tertiary/aromatic N) is 1. The van der Waals surface area contributed by atoms with E-state index in [1.54, 1.807) is 36.4 Å². The smallest absolute Gasteiger partial charge is 0.344 e. The summed E-state index contributed by atoms with van der Waals surface area (Å²) in [6, 6.07) is 8.54. The SMILES string of the molecule is COC(=O)C1=C(O)/C(=C\c2ccc(OC)c(OC)c2OC)SC1=Nc1ccc(OC)c(OC)c1. The van der Waals surface area contributed by atoms with Crippen molar-refractivity contribution in [1.82, 2.24) is 0 Å². The van der Waals surface area contributed by atoms with Gasteiger partial charge in [0.1, 0.15) is 16.4 Å². The Morgan fingerprint density at radius 1 is 0.853 bits per heavy atom. The second-order valence-corrected chi connectivity index (χ2v) is 7.74. The number of carbonyl (C=O) groups is 1. The summed E-state index contributed by atoms with van der Waals surface area (Å²) in [6.45, 7) is 0. The van der Waals surface area contributed by atoms with Crippen molar-refractivity contribution in [2.75, 3.05) is 42.7 Å². The molecule has 1 N–H and O–H groups in total. The predicted molar refractivity (Wildman–Crippen MR) is 130 cm³/mol. The molecule has 0 aromatic heterocycles. The summed E-state index contributed by atoms with van der Waals surface area (Å²) in [4.78, 5) is 17.4. The summed E-state index contributed by atoms with van der Waals surface area (Å²) in [6.07, 6.45) is 1.67. The third-order valence-corrected chi connectivity index (χ3v) is 5.92. The number of thioether (sulfide) groups is 1. The lowest BCUT2D eigenvalue weighted by atomic mass is 10.1. The third-order valence-electron chi connectivity index (χ3n) is 4.90. The number of aliphatic hydroxyl groups is 1. The van der Waals surface area contributed by atoms with Crippen molar-refractivity contribution in [2.24, 2.45) is 4.99 Å². The molecule has 1 aliphatic rings. The molecule has 0 unspecified atom stereocenters. The maximum atomic E-state index is 12.5. The predicted octanol–water partition coefficient (Wildman–Crippen LogP) is 4.53. The molecule has 0 fully saturated rings. The first-order valence-corrected chi connectivity index (χ1v) is 10.7. The van der Waals surface area contributed by atoms with Crippen molar-refractivity contribution >= 4 is 34.5 Å².